The predicted octanol–water partition coefficient (Wildman–Crippen LogP) is 2.47. The van der Waals surface area contributed by atoms with Crippen molar-refractivity contribution in [2.75, 3.05) is 6.54 Å². The van der Waals surface area contributed by atoms with E-state index in [2.05, 4.69) is 5.32 Å². The van der Waals surface area contributed by atoms with Gasteiger partial charge in [0, 0.05) is 6.04 Å². The molecule has 0 bridgehead atoms. The third-order valence-electron chi connectivity index (χ3n) is 2.44. The lowest BCUT2D eigenvalue weighted by Crippen LogP contribution is -2.13. The molecule has 0 saturated carbocycles. The first-order valence-electron chi connectivity index (χ1n) is 4.50. The van der Waals surface area contributed by atoms with Crippen LogP contribution in [0.25, 0.3) is 0 Å². The van der Waals surface area contributed by atoms with E-state index in [0.29, 0.717) is 11.1 Å². The Morgan fingerprint density at radius 3 is 3.00 bits per heavy atom. The van der Waals surface area contributed by atoms with Crippen molar-refractivity contribution in [3.63, 3.8) is 0 Å². The van der Waals surface area contributed by atoms with Crippen LogP contribution >= 0.6 is 11.6 Å². The summed E-state index contributed by atoms with van der Waals surface area (Å²) >= 11 is 5.98. The van der Waals surface area contributed by atoms with Gasteiger partial charge in [0.2, 0.25) is 0 Å². The largest absolute Gasteiger partial charge is 0.506 e. The second-order valence-corrected chi connectivity index (χ2v) is 3.71. The maximum Gasteiger partial charge on any atom is 0.134 e. The van der Waals surface area contributed by atoms with E-state index in [9.17, 15) is 5.11 Å². The molecule has 2 N–H and O–H groups in total. The van der Waals surface area contributed by atoms with Crippen molar-refractivity contribution in [2.45, 2.75) is 18.9 Å². The molecule has 1 aromatic carbocycles. The maximum atomic E-state index is 9.40. The first-order chi connectivity index (χ1) is 6.29. The van der Waals surface area contributed by atoms with Crippen LogP contribution in [0.3, 0.4) is 0 Å². The van der Waals surface area contributed by atoms with E-state index >= 15 is 0 Å². The van der Waals surface area contributed by atoms with E-state index in [0.717, 1.165) is 18.5 Å². The minimum Gasteiger partial charge on any atom is -0.506 e. The van der Waals surface area contributed by atoms with Crippen LogP contribution in [0.4, 0.5) is 0 Å². The minimum absolute atomic E-state index is 0.174. The molecule has 0 aromatic heterocycles. The zero-order chi connectivity index (χ0) is 9.26. The van der Waals surface area contributed by atoms with Crippen LogP contribution in [0.2, 0.25) is 5.02 Å². The summed E-state index contributed by atoms with van der Waals surface area (Å²) in [5.74, 6) is 0.174. The van der Waals surface area contributed by atoms with E-state index in [-0.39, 0.29) is 5.75 Å². The molecule has 1 heterocycles. The van der Waals surface area contributed by atoms with Gasteiger partial charge in [-0.1, -0.05) is 23.7 Å². The molecule has 1 fully saturated rings. The molecular formula is C10H12ClNO. The number of benzene rings is 1. The van der Waals surface area contributed by atoms with Crippen molar-refractivity contribution < 1.29 is 5.11 Å². The number of phenols is 1. The molecular weight excluding hydrogens is 186 g/mol. The van der Waals surface area contributed by atoms with Gasteiger partial charge in [-0.2, -0.15) is 0 Å². The van der Waals surface area contributed by atoms with Crippen LogP contribution in [0.1, 0.15) is 24.4 Å². The molecule has 0 radical (unpaired) electrons. The molecule has 3 heteroatoms. The summed E-state index contributed by atoms with van der Waals surface area (Å²) in [4.78, 5) is 0. The summed E-state index contributed by atoms with van der Waals surface area (Å²) in [5.41, 5.74) is 1.01. The summed E-state index contributed by atoms with van der Waals surface area (Å²) in [7, 11) is 0. The van der Waals surface area contributed by atoms with Crippen LogP contribution in [0, 0.1) is 0 Å². The maximum absolute atomic E-state index is 9.40. The average Bonchev–Trinajstić information content (AvgIpc) is 2.62. The van der Waals surface area contributed by atoms with Crippen molar-refractivity contribution in [1.82, 2.24) is 5.32 Å². The third-order valence-corrected chi connectivity index (χ3v) is 2.86. The van der Waals surface area contributed by atoms with Gasteiger partial charge in [0.05, 0.1) is 5.02 Å². The molecule has 0 amide bonds. The molecule has 2 rings (SSSR count). The second-order valence-electron chi connectivity index (χ2n) is 3.33. The lowest BCUT2D eigenvalue weighted by molar-refractivity contribution is 0.473. The monoisotopic (exact) mass is 197 g/mol. The SMILES string of the molecule is Oc1cccc([C@H]2CCCN2)c1Cl. The normalized spacial score (nSPS) is 22.1. The van der Waals surface area contributed by atoms with Gasteiger partial charge >= 0.3 is 0 Å². The van der Waals surface area contributed by atoms with Crippen LogP contribution in [-0.2, 0) is 0 Å². The highest BCUT2D eigenvalue weighted by Gasteiger charge is 2.19. The first-order valence-corrected chi connectivity index (χ1v) is 4.87. The van der Waals surface area contributed by atoms with E-state index < -0.39 is 0 Å². The molecule has 0 aliphatic carbocycles. The Labute approximate surface area is 82.5 Å². The number of hydrogen-bond acceptors (Lipinski definition) is 2. The fraction of sp³-hybridized carbons (Fsp3) is 0.400. The summed E-state index contributed by atoms with van der Waals surface area (Å²) < 4.78 is 0. The number of hydrogen-bond donors (Lipinski definition) is 2. The molecule has 0 spiro atoms. The van der Waals surface area contributed by atoms with Gasteiger partial charge in [-0.25, -0.2) is 0 Å². The Hall–Kier alpha value is -0.730. The molecule has 0 unspecified atom stereocenters. The van der Waals surface area contributed by atoms with Crippen molar-refractivity contribution in [1.29, 1.82) is 0 Å². The quantitative estimate of drug-likeness (QED) is 0.725. The van der Waals surface area contributed by atoms with E-state index in [1.54, 1.807) is 6.07 Å². The smallest absolute Gasteiger partial charge is 0.134 e. The third kappa shape index (κ3) is 1.64. The number of rotatable bonds is 1. The van der Waals surface area contributed by atoms with Crippen molar-refractivity contribution in [2.24, 2.45) is 0 Å². The molecule has 1 saturated heterocycles. The zero-order valence-corrected chi connectivity index (χ0v) is 8.01. The topological polar surface area (TPSA) is 32.3 Å². The van der Waals surface area contributed by atoms with Crippen molar-refractivity contribution >= 4 is 11.6 Å². The van der Waals surface area contributed by atoms with Crippen molar-refractivity contribution in [3.8, 4) is 5.75 Å². The number of aromatic hydroxyl groups is 1. The zero-order valence-electron chi connectivity index (χ0n) is 7.26. The minimum atomic E-state index is 0.174. The van der Waals surface area contributed by atoms with Gasteiger partial charge in [0.15, 0.2) is 0 Å². The van der Waals surface area contributed by atoms with Gasteiger partial charge in [-0.05, 0) is 31.0 Å². The van der Waals surface area contributed by atoms with Crippen LogP contribution in [0.5, 0.6) is 5.75 Å². The lowest BCUT2D eigenvalue weighted by atomic mass is 10.1. The molecule has 1 atom stereocenters. The lowest BCUT2D eigenvalue weighted by Gasteiger charge is -2.12. The van der Waals surface area contributed by atoms with E-state index in [1.165, 1.54) is 6.42 Å². The highest BCUT2D eigenvalue weighted by Crippen LogP contribution is 2.34. The van der Waals surface area contributed by atoms with Crippen LogP contribution in [-0.4, -0.2) is 11.7 Å². The highest BCUT2D eigenvalue weighted by atomic mass is 35.5. The molecule has 1 aliphatic rings. The van der Waals surface area contributed by atoms with Crippen LogP contribution in [0.15, 0.2) is 18.2 Å². The Morgan fingerprint density at radius 1 is 1.46 bits per heavy atom. The summed E-state index contributed by atoms with van der Waals surface area (Å²) in [5, 5.41) is 13.2. The molecule has 70 valence electrons. The predicted molar refractivity (Wildman–Crippen MR) is 53.1 cm³/mol. The first kappa shape index (κ1) is 8.85. The van der Waals surface area contributed by atoms with Gasteiger partial charge < -0.3 is 10.4 Å². The summed E-state index contributed by atoms with van der Waals surface area (Å²) in [6.07, 6.45) is 2.28. The number of halogens is 1. The highest BCUT2D eigenvalue weighted by molar-refractivity contribution is 6.32. The molecule has 2 nitrogen and oxygen atoms in total. The van der Waals surface area contributed by atoms with Crippen molar-refractivity contribution in [3.05, 3.63) is 28.8 Å². The Kier molecular flexibility index (Phi) is 2.42. The Balaban J connectivity index is 2.33. The molecule has 1 aromatic rings. The average molecular weight is 198 g/mol. The summed E-state index contributed by atoms with van der Waals surface area (Å²) in [6, 6.07) is 5.72. The van der Waals surface area contributed by atoms with Gasteiger partial charge in [-0.15, -0.1) is 0 Å². The van der Waals surface area contributed by atoms with E-state index in [4.69, 9.17) is 11.6 Å². The summed E-state index contributed by atoms with van der Waals surface area (Å²) in [6.45, 7) is 1.04. The van der Waals surface area contributed by atoms with Gasteiger partial charge in [-0.3, -0.25) is 0 Å². The van der Waals surface area contributed by atoms with Gasteiger partial charge in [0.1, 0.15) is 5.75 Å². The second kappa shape index (κ2) is 3.56. The van der Waals surface area contributed by atoms with Gasteiger partial charge in [0.25, 0.3) is 0 Å². The Morgan fingerprint density at radius 2 is 2.31 bits per heavy atom. The number of nitrogens with one attached hydrogen (secondary N) is 1. The van der Waals surface area contributed by atoms with E-state index in [1.807, 2.05) is 12.1 Å². The fourth-order valence-corrected chi connectivity index (χ4v) is 2.01. The Bertz CT molecular complexity index is 308. The number of phenolic OH excluding ortho intramolecular Hbond substituents is 1. The molecule has 13 heavy (non-hydrogen) atoms. The molecule has 1 aliphatic heterocycles. The van der Waals surface area contributed by atoms with Crippen LogP contribution < -0.4 is 5.32 Å². The fourth-order valence-electron chi connectivity index (χ4n) is 1.76. The standard InChI is InChI=1S/C10H12ClNO/c11-10-7(3-1-5-9(10)13)8-4-2-6-12-8/h1,3,5,8,12-13H,2,4,6H2/t8-/m1/s1.